The number of benzene rings is 1. The molecule has 3 saturated heterocycles. The largest absolute Gasteiger partial charge is 0.447 e. The van der Waals surface area contributed by atoms with Crippen molar-refractivity contribution in [2.75, 3.05) is 32.8 Å². The Balaban J connectivity index is 1.42. The van der Waals surface area contributed by atoms with Crippen LogP contribution in [0.1, 0.15) is 52.8 Å². The van der Waals surface area contributed by atoms with Crippen LogP contribution in [0.4, 0.5) is 4.79 Å². The van der Waals surface area contributed by atoms with Gasteiger partial charge in [0.05, 0.1) is 5.54 Å². The molecule has 0 atom stereocenters. The van der Waals surface area contributed by atoms with Crippen molar-refractivity contribution in [2.24, 2.45) is 0 Å². The SMILES string of the molecule is O=C1NC2(CCN(C(=O)c3cccc(C(=O)N4CCCCC4)c3)CC2)CO1. The van der Waals surface area contributed by atoms with Crippen LogP contribution in [0.2, 0.25) is 0 Å². The van der Waals surface area contributed by atoms with E-state index >= 15 is 0 Å². The molecule has 7 heteroatoms. The van der Waals surface area contributed by atoms with Gasteiger partial charge < -0.3 is 19.9 Å². The fourth-order valence-corrected chi connectivity index (χ4v) is 4.15. The van der Waals surface area contributed by atoms with Crippen LogP contribution in [0.25, 0.3) is 0 Å². The molecule has 0 bridgehead atoms. The van der Waals surface area contributed by atoms with Gasteiger partial charge in [0.1, 0.15) is 6.61 Å². The van der Waals surface area contributed by atoms with E-state index in [-0.39, 0.29) is 23.4 Å². The minimum atomic E-state index is -0.376. The maximum atomic E-state index is 12.9. The number of amides is 3. The molecule has 7 nitrogen and oxygen atoms in total. The van der Waals surface area contributed by atoms with Crippen LogP contribution in [-0.2, 0) is 4.74 Å². The molecule has 4 rings (SSSR count). The molecular weight excluding hydrogens is 346 g/mol. The van der Waals surface area contributed by atoms with Gasteiger partial charge in [-0.2, -0.15) is 0 Å². The minimum Gasteiger partial charge on any atom is -0.447 e. The lowest BCUT2D eigenvalue weighted by molar-refractivity contribution is 0.0643. The van der Waals surface area contributed by atoms with E-state index in [1.54, 1.807) is 29.2 Å². The zero-order valence-electron chi connectivity index (χ0n) is 15.4. The van der Waals surface area contributed by atoms with Crippen LogP contribution in [0, 0.1) is 0 Å². The number of likely N-dealkylation sites (tertiary alicyclic amines) is 2. The average molecular weight is 371 g/mol. The molecule has 0 aromatic heterocycles. The van der Waals surface area contributed by atoms with E-state index in [4.69, 9.17) is 4.74 Å². The van der Waals surface area contributed by atoms with Crippen molar-refractivity contribution in [3.63, 3.8) is 0 Å². The average Bonchev–Trinajstić information content (AvgIpc) is 3.08. The summed E-state index contributed by atoms with van der Waals surface area (Å²) in [5.74, 6) is -0.0591. The highest BCUT2D eigenvalue weighted by molar-refractivity contribution is 5.99. The summed E-state index contributed by atoms with van der Waals surface area (Å²) in [4.78, 5) is 40.6. The number of carbonyl (C=O) groups is 3. The van der Waals surface area contributed by atoms with E-state index in [1.165, 1.54) is 6.42 Å². The lowest BCUT2D eigenvalue weighted by Gasteiger charge is -2.37. The Morgan fingerprint density at radius 3 is 2.07 bits per heavy atom. The van der Waals surface area contributed by atoms with Crippen LogP contribution in [0.15, 0.2) is 24.3 Å². The molecule has 0 radical (unpaired) electrons. The summed E-state index contributed by atoms with van der Waals surface area (Å²) in [5.41, 5.74) is 0.785. The van der Waals surface area contributed by atoms with Gasteiger partial charge >= 0.3 is 6.09 Å². The van der Waals surface area contributed by atoms with Crippen molar-refractivity contribution >= 4 is 17.9 Å². The van der Waals surface area contributed by atoms with Crippen molar-refractivity contribution in [2.45, 2.75) is 37.6 Å². The van der Waals surface area contributed by atoms with E-state index in [9.17, 15) is 14.4 Å². The number of piperidine rings is 2. The van der Waals surface area contributed by atoms with Crippen LogP contribution in [-0.4, -0.2) is 66.0 Å². The molecule has 0 saturated carbocycles. The fraction of sp³-hybridized carbons (Fsp3) is 0.550. The van der Waals surface area contributed by atoms with Crippen molar-refractivity contribution in [3.05, 3.63) is 35.4 Å². The number of hydrogen-bond donors (Lipinski definition) is 1. The van der Waals surface area contributed by atoms with Gasteiger partial charge in [-0.1, -0.05) is 6.07 Å². The minimum absolute atomic E-state index is 0.00719. The summed E-state index contributed by atoms with van der Waals surface area (Å²) >= 11 is 0. The number of nitrogens with one attached hydrogen (secondary N) is 1. The molecular formula is C20H25N3O4. The van der Waals surface area contributed by atoms with Gasteiger partial charge in [-0.25, -0.2) is 4.79 Å². The van der Waals surface area contributed by atoms with Gasteiger partial charge in [-0.05, 0) is 50.3 Å². The quantitative estimate of drug-likeness (QED) is 0.863. The normalized spacial score (nSPS) is 21.7. The second kappa shape index (κ2) is 7.21. The first-order valence-electron chi connectivity index (χ1n) is 9.70. The first-order chi connectivity index (χ1) is 13.1. The van der Waals surface area contributed by atoms with E-state index in [0.717, 1.165) is 25.9 Å². The Kier molecular flexibility index (Phi) is 4.76. The van der Waals surface area contributed by atoms with E-state index in [0.29, 0.717) is 43.7 Å². The molecule has 144 valence electrons. The standard InChI is InChI=1S/C20H25N3O4/c24-17(22-9-2-1-3-10-22)15-5-4-6-16(13-15)18(25)23-11-7-20(8-12-23)14-27-19(26)21-20/h4-6,13H,1-3,7-12,14H2,(H,21,26). The zero-order chi connectivity index (χ0) is 18.9. The fourth-order valence-electron chi connectivity index (χ4n) is 4.15. The predicted molar refractivity (Wildman–Crippen MR) is 98.5 cm³/mol. The molecule has 3 aliphatic heterocycles. The van der Waals surface area contributed by atoms with Gasteiger partial charge in [0.2, 0.25) is 0 Å². The van der Waals surface area contributed by atoms with E-state index in [1.807, 2.05) is 4.90 Å². The number of rotatable bonds is 2. The topological polar surface area (TPSA) is 79.0 Å². The molecule has 0 unspecified atom stereocenters. The summed E-state index contributed by atoms with van der Waals surface area (Å²) in [5, 5.41) is 2.88. The Labute approximate surface area is 158 Å². The number of carbonyl (C=O) groups excluding carboxylic acids is 3. The van der Waals surface area contributed by atoms with Gasteiger partial charge in [0.25, 0.3) is 11.8 Å². The summed E-state index contributed by atoms with van der Waals surface area (Å²) in [7, 11) is 0. The van der Waals surface area contributed by atoms with Crippen molar-refractivity contribution < 1.29 is 19.1 Å². The Hall–Kier alpha value is -2.57. The Morgan fingerprint density at radius 1 is 0.926 bits per heavy atom. The molecule has 3 heterocycles. The Bertz CT molecular complexity index is 749. The lowest BCUT2D eigenvalue weighted by Crippen LogP contribution is -2.53. The van der Waals surface area contributed by atoms with Crippen molar-refractivity contribution in [3.8, 4) is 0 Å². The van der Waals surface area contributed by atoms with E-state index in [2.05, 4.69) is 5.32 Å². The number of alkyl carbamates (subject to hydrolysis) is 1. The zero-order valence-corrected chi connectivity index (χ0v) is 15.4. The number of cyclic esters (lactones) is 1. The van der Waals surface area contributed by atoms with Crippen LogP contribution in [0.3, 0.4) is 0 Å². The van der Waals surface area contributed by atoms with Crippen LogP contribution >= 0.6 is 0 Å². The van der Waals surface area contributed by atoms with Gasteiger partial charge in [0.15, 0.2) is 0 Å². The predicted octanol–water partition coefficient (Wildman–Crippen LogP) is 2.03. The molecule has 1 spiro atoms. The first-order valence-corrected chi connectivity index (χ1v) is 9.70. The van der Waals surface area contributed by atoms with E-state index < -0.39 is 0 Å². The lowest BCUT2D eigenvalue weighted by atomic mass is 9.89. The molecule has 3 aliphatic rings. The Morgan fingerprint density at radius 2 is 1.52 bits per heavy atom. The van der Waals surface area contributed by atoms with Crippen LogP contribution < -0.4 is 5.32 Å². The maximum absolute atomic E-state index is 12.9. The van der Waals surface area contributed by atoms with Gasteiger partial charge in [-0.3, -0.25) is 9.59 Å². The molecule has 1 aromatic rings. The highest BCUT2D eigenvalue weighted by atomic mass is 16.6. The van der Waals surface area contributed by atoms with Gasteiger partial charge in [0, 0.05) is 37.3 Å². The number of nitrogens with zero attached hydrogens (tertiary/aromatic N) is 2. The third-order valence-electron chi connectivity index (χ3n) is 5.85. The van der Waals surface area contributed by atoms with Crippen LogP contribution in [0.5, 0.6) is 0 Å². The number of ether oxygens (including phenoxy) is 1. The molecule has 3 fully saturated rings. The monoisotopic (exact) mass is 371 g/mol. The summed E-state index contributed by atoms with van der Waals surface area (Å²) < 4.78 is 5.03. The molecule has 1 N–H and O–H groups in total. The summed E-state index contributed by atoms with van der Waals surface area (Å²) in [6.45, 7) is 3.07. The highest BCUT2D eigenvalue weighted by Gasteiger charge is 2.42. The molecule has 1 aromatic carbocycles. The highest BCUT2D eigenvalue weighted by Crippen LogP contribution is 2.27. The van der Waals surface area contributed by atoms with Gasteiger partial charge in [-0.15, -0.1) is 0 Å². The van der Waals surface area contributed by atoms with Crippen molar-refractivity contribution in [1.29, 1.82) is 0 Å². The summed E-state index contributed by atoms with van der Waals surface area (Å²) in [6, 6.07) is 7.04. The second-order valence-corrected chi connectivity index (χ2v) is 7.71. The second-order valence-electron chi connectivity index (χ2n) is 7.71. The molecule has 0 aliphatic carbocycles. The third-order valence-corrected chi connectivity index (χ3v) is 5.85. The smallest absolute Gasteiger partial charge is 0.407 e. The van der Waals surface area contributed by atoms with Crippen molar-refractivity contribution in [1.82, 2.24) is 15.1 Å². The number of hydrogen-bond acceptors (Lipinski definition) is 4. The summed E-state index contributed by atoms with van der Waals surface area (Å²) in [6.07, 6.45) is 4.23. The third kappa shape index (κ3) is 3.63. The maximum Gasteiger partial charge on any atom is 0.407 e. The first kappa shape index (κ1) is 17.8. The molecule has 27 heavy (non-hydrogen) atoms. The molecule has 3 amide bonds.